The average molecular weight is 240 g/mol. The molecule has 1 rings (SSSR count). The molecule has 0 amide bonds. The zero-order valence-corrected chi connectivity index (χ0v) is 9.13. The van der Waals surface area contributed by atoms with Gasteiger partial charge >= 0.3 is 0 Å². The molecule has 0 spiro atoms. The molecule has 1 atom stereocenters. The second-order valence-electron chi connectivity index (χ2n) is 2.73. The van der Waals surface area contributed by atoms with Crippen molar-refractivity contribution in [3.63, 3.8) is 0 Å². The van der Waals surface area contributed by atoms with E-state index in [1.54, 1.807) is 7.11 Å². The maximum absolute atomic E-state index is 8.78. The largest absolute Gasteiger partial charge is 0.377 e. The maximum atomic E-state index is 8.78. The van der Waals surface area contributed by atoms with E-state index in [2.05, 4.69) is 22.0 Å². The van der Waals surface area contributed by atoms with E-state index < -0.39 is 0 Å². The monoisotopic (exact) mass is 239 g/mol. The number of halogens is 1. The fourth-order valence-corrected chi connectivity index (χ4v) is 1.35. The van der Waals surface area contributed by atoms with Crippen LogP contribution in [0.1, 0.15) is 24.2 Å². The molecule has 0 heterocycles. The molecule has 1 aromatic rings. The van der Waals surface area contributed by atoms with E-state index in [0.29, 0.717) is 5.56 Å². The Labute approximate surface area is 86.3 Å². The minimum Gasteiger partial charge on any atom is -0.377 e. The van der Waals surface area contributed by atoms with E-state index in [9.17, 15) is 0 Å². The number of rotatable bonds is 2. The molecule has 2 nitrogen and oxygen atoms in total. The van der Waals surface area contributed by atoms with Crippen molar-refractivity contribution >= 4 is 15.9 Å². The van der Waals surface area contributed by atoms with Gasteiger partial charge in [0, 0.05) is 11.6 Å². The van der Waals surface area contributed by atoms with Crippen LogP contribution in [0.4, 0.5) is 0 Å². The molecule has 0 aromatic heterocycles. The van der Waals surface area contributed by atoms with Gasteiger partial charge in [-0.25, -0.2) is 0 Å². The molecule has 0 aliphatic carbocycles. The molecule has 0 bridgehead atoms. The Bertz CT molecular complexity index is 343. The predicted molar refractivity (Wildman–Crippen MR) is 54.3 cm³/mol. The number of hydrogen-bond acceptors (Lipinski definition) is 2. The van der Waals surface area contributed by atoms with Crippen LogP contribution >= 0.6 is 15.9 Å². The summed E-state index contributed by atoms with van der Waals surface area (Å²) in [6.07, 6.45) is 0.0280. The van der Waals surface area contributed by atoms with Crippen LogP contribution in [0, 0.1) is 11.3 Å². The minimum absolute atomic E-state index is 0.0280. The van der Waals surface area contributed by atoms with Crippen molar-refractivity contribution in [2.45, 2.75) is 13.0 Å². The highest BCUT2D eigenvalue weighted by Crippen LogP contribution is 2.22. The first-order valence-electron chi connectivity index (χ1n) is 3.91. The minimum atomic E-state index is 0.0280. The highest BCUT2D eigenvalue weighted by molar-refractivity contribution is 9.10. The smallest absolute Gasteiger partial charge is 0.100 e. The Balaban J connectivity index is 3.08. The van der Waals surface area contributed by atoms with E-state index in [4.69, 9.17) is 10.00 Å². The number of ether oxygens (including phenoxy) is 1. The lowest BCUT2D eigenvalue weighted by atomic mass is 10.1. The van der Waals surface area contributed by atoms with Crippen LogP contribution in [0.5, 0.6) is 0 Å². The molecule has 68 valence electrons. The summed E-state index contributed by atoms with van der Waals surface area (Å²) in [5.74, 6) is 0. The standard InChI is InChI=1S/C10H10BrNO/c1-7(13-2)8-3-4-10(11)9(5-8)6-12/h3-5,7H,1-2H3/t7-/m0/s1. The van der Waals surface area contributed by atoms with E-state index in [-0.39, 0.29) is 6.10 Å². The first kappa shape index (κ1) is 10.2. The van der Waals surface area contributed by atoms with Gasteiger partial charge in [-0.3, -0.25) is 0 Å². The predicted octanol–water partition coefficient (Wildman–Crippen LogP) is 3.03. The lowest BCUT2D eigenvalue weighted by molar-refractivity contribution is 0.119. The summed E-state index contributed by atoms with van der Waals surface area (Å²) in [7, 11) is 1.65. The molecular weight excluding hydrogens is 230 g/mol. The van der Waals surface area contributed by atoms with Crippen molar-refractivity contribution in [3.05, 3.63) is 33.8 Å². The Kier molecular flexibility index (Phi) is 3.47. The second-order valence-corrected chi connectivity index (χ2v) is 3.58. The molecule has 13 heavy (non-hydrogen) atoms. The molecular formula is C10H10BrNO. The molecule has 0 aliphatic heterocycles. The van der Waals surface area contributed by atoms with Gasteiger partial charge in [0.05, 0.1) is 11.7 Å². The second kappa shape index (κ2) is 4.40. The number of nitriles is 1. The lowest BCUT2D eigenvalue weighted by Crippen LogP contribution is -1.96. The summed E-state index contributed by atoms with van der Waals surface area (Å²) in [5.41, 5.74) is 1.66. The number of methoxy groups -OCH3 is 1. The van der Waals surface area contributed by atoms with Crippen LogP contribution < -0.4 is 0 Å². The van der Waals surface area contributed by atoms with E-state index >= 15 is 0 Å². The molecule has 0 aliphatic rings. The normalized spacial score (nSPS) is 12.2. The Hall–Kier alpha value is -0.850. The van der Waals surface area contributed by atoms with Gasteiger partial charge in [0.15, 0.2) is 0 Å². The molecule has 0 radical (unpaired) electrons. The topological polar surface area (TPSA) is 33.0 Å². The van der Waals surface area contributed by atoms with Gasteiger partial charge < -0.3 is 4.74 Å². The molecule has 0 unspecified atom stereocenters. The van der Waals surface area contributed by atoms with Crippen molar-refractivity contribution in [1.29, 1.82) is 5.26 Å². The summed E-state index contributed by atoms with van der Waals surface area (Å²) < 4.78 is 5.97. The quantitative estimate of drug-likeness (QED) is 0.795. The van der Waals surface area contributed by atoms with Gasteiger partial charge in [0.2, 0.25) is 0 Å². The third-order valence-electron chi connectivity index (χ3n) is 1.93. The fraction of sp³-hybridized carbons (Fsp3) is 0.300. The van der Waals surface area contributed by atoms with E-state index in [1.165, 1.54) is 0 Å². The number of benzene rings is 1. The molecule has 0 saturated heterocycles. The van der Waals surface area contributed by atoms with Gasteiger partial charge in [-0.15, -0.1) is 0 Å². The molecule has 0 N–H and O–H groups in total. The highest BCUT2D eigenvalue weighted by atomic mass is 79.9. The molecule has 0 saturated carbocycles. The van der Waals surface area contributed by atoms with Crippen molar-refractivity contribution in [1.82, 2.24) is 0 Å². The van der Waals surface area contributed by atoms with Crippen molar-refractivity contribution in [2.75, 3.05) is 7.11 Å². The summed E-state index contributed by atoms with van der Waals surface area (Å²) >= 11 is 3.30. The lowest BCUT2D eigenvalue weighted by Gasteiger charge is -2.09. The molecule has 3 heteroatoms. The van der Waals surface area contributed by atoms with Gasteiger partial charge in [-0.05, 0) is 40.5 Å². The zero-order chi connectivity index (χ0) is 9.84. The summed E-state index contributed by atoms with van der Waals surface area (Å²) in [6.45, 7) is 1.95. The number of nitrogens with zero attached hydrogens (tertiary/aromatic N) is 1. The molecule has 1 aromatic carbocycles. The third-order valence-corrected chi connectivity index (χ3v) is 2.63. The van der Waals surface area contributed by atoms with Crippen LogP contribution in [0.3, 0.4) is 0 Å². The maximum Gasteiger partial charge on any atom is 0.100 e. The first-order chi connectivity index (χ1) is 6.19. The summed E-state index contributed by atoms with van der Waals surface area (Å²) in [4.78, 5) is 0. The zero-order valence-electron chi connectivity index (χ0n) is 7.54. The van der Waals surface area contributed by atoms with Crippen LogP contribution in [-0.2, 0) is 4.74 Å². The average Bonchev–Trinajstić information content (AvgIpc) is 2.17. The van der Waals surface area contributed by atoms with Gasteiger partial charge in [0.1, 0.15) is 6.07 Å². The van der Waals surface area contributed by atoms with Gasteiger partial charge in [0.25, 0.3) is 0 Å². The van der Waals surface area contributed by atoms with Crippen LogP contribution in [0.2, 0.25) is 0 Å². The van der Waals surface area contributed by atoms with Crippen molar-refractivity contribution in [3.8, 4) is 6.07 Å². The summed E-state index contributed by atoms with van der Waals surface area (Å²) in [6, 6.07) is 7.75. The third kappa shape index (κ3) is 2.30. The van der Waals surface area contributed by atoms with Crippen LogP contribution in [-0.4, -0.2) is 7.11 Å². The number of hydrogen-bond donors (Lipinski definition) is 0. The Morgan fingerprint density at radius 1 is 1.54 bits per heavy atom. The Morgan fingerprint density at radius 3 is 2.77 bits per heavy atom. The Morgan fingerprint density at radius 2 is 2.23 bits per heavy atom. The van der Waals surface area contributed by atoms with Gasteiger partial charge in [-0.2, -0.15) is 5.26 Å². The van der Waals surface area contributed by atoms with Crippen LogP contribution in [0.15, 0.2) is 22.7 Å². The summed E-state index contributed by atoms with van der Waals surface area (Å²) in [5, 5.41) is 8.78. The first-order valence-corrected chi connectivity index (χ1v) is 4.70. The van der Waals surface area contributed by atoms with Crippen molar-refractivity contribution in [2.24, 2.45) is 0 Å². The molecule has 0 fully saturated rings. The van der Waals surface area contributed by atoms with E-state index in [0.717, 1.165) is 10.0 Å². The van der Waals surface area contributed by atoms with Crippen LogP contribution in [0.25, 0.3) is 0 Å². The highest BCUT2D eigenvalue weighted by Gasteiger charge is 2.06. The fourth-order valence-electron chi connectivity index (χ4n) is 1.02. The SMILES string of the molecule is CO[C@@H](C)c1ccc(Br)c(C#N)c1. The van der Waals surface area contributed by atoms with E-state index in [1.807, 2.05) is 25.1 Å². The van der Waals surface area contributed by atoms with Crippen molar-refractivity contribution < 1.29 is 4.74 Å². The van der Waals surface area contributed by atoms with Gasteiger partial charge in [-0.1, -0.05) is 6.07 Å².